The zero-order valence-electron chi connectivity index (χ0n) is 14.7. The van der Waals surface area contributed by atoms with E-state index in [0.29, 0.717) is 5.02 Å². The Bertz CT molecular complexity index is 749. The van der Waals surface area contributed by atoms with E-state index in [1.54, 1.807) is 12.3 Å². The summed E-state index contributed by atoms with van der Waals surface area (Å²) in [6.07, 6.45) is 5.77. The summed E-state index contributed by atoms with van der Waals surface area (Å²) >= 11 is 5.98. The number of piperidine rings is 1. The summed E-state index contributed by atoms with van der Waals surface area (Å²) in [4.78, 5) is 16.9. The molecule has 5 nitrogen and oxygen atoms in total. The van der Waals surface area contributed by atoms with Gasteiger partial charge < -0.3 is 15.0 Å². The zero-order valence-corrected chi connectivity index (χ0v) is 15.4. The summed E-state index contributed by atoms with van der Waals surface area (Å²) in [5, 5.41) is 7.46. The van der Waals surface area contributed by atoms with Crippen LogP contribution in [0.15, 0.2) is 24.5 Å². The molecule has 1 amide bonds. The van der Waals surface area contributed by atoms with Crippen molar-refractivity contribution < 1.29 is 4.79 Å². The molecule has 0 aromatic carbocycles. The van der Waals surface area contributed by atoms with Gasteiger partial charge in [-0.3, -0.25) is 4.79 Å². The number of fused-ring (bicyclic) bond motifs is 1. The number of amides is 1. The smallest absolute Gasteiger partial charge is 0.226 e. The minimum absolute atomic E-state index is 0.0134. The molecule has 1 fully saturated rings. The maximum Gasteiger partial charge on any atom is 0.226 e. The number of carbonyl (C=O) groups excluding carboxylic acids is 1. The lowest BCUT2D eigenvalue weighted by atomic mass is 9.79. The number of carbonyl (C=O) groups is 1. The van der Waals surface area contributed by atoms with E-state index in [4.69, 9.17) is 11.6 Å². The highest BCUT2D eigenvalue weighted by Crippen LogP contribution is 2.28. The lowest BCUT2D eigenvalue weighted by molar-refractivity contribution is -0.121. The largest absolute Gasteiger partial charge is 0.353 e. The molecule has 1 aliphatic heterocycles. The Balaban J connectivity index is 1.66. The Morgan fingerprint density at radius 2 is 1.96 bits per heavy atom. The first-order valence-corrected chi connectivity index (χ1v) is 8.72. The average Bonchev–Trinajstić information content (AvgIpc) is 2.75. The molecule has 3 heterocycles. The molecule has 24 heavy (non-hydrogen) atoms. The third kappa shape index (κ3) is 4.08. The highest BCUT2D eigenvalue weighted by Gasteiger charge is 2.38. The molecule has 6 heteroatoms. The molecule has 1 aliphatic rings. The van der Waals surface area contributed by atoms with Crippen LogP contribution in [0.2, 0.25) is 5.02 Å². The second-order valence-electron chi connectivity index (χ2n) is 8.09. The Morgan fingerprint density at radius 3 is 2.62 bits per heavy atom. The summed E-state index contributed by atoms with van der Waals surface area (Å²) < 4.78 is 1.85. The van der Waals surface area contributed by atoms with Gasteiger partial charge in [0.15, 0.2) is 0 Å². The summed E-state index contributed by atoms with van der Waals surface area (Å²) in [5.41, 5.74) is 1.58. The van der Waals surface area contributed by atoms with Gasteiger partial charge in [-0.05, 0) is 52.7 Å². The molecule has 0 bridgehead atoms. The number of hydrogen-bond acceptors (Lipinski definition) is 3. The summed E-state index contributed by atoms with van der Waals surface area (Å²) in [5.74, 6) is 0.0167. The number of pyridine rings is 1. The van der Waals surface area contributed by atoms with Gasteiger partial charge in [0.1, 0.15) is 5.65 Å². The minimum Gasteiger partial charge on any atom is -0.353 e. The molecule has 130 valence electrons. The first kappa shape index (κ1) is 17.2. The van der Waals surface area contributed by atoms with E-state index in [1.807, 2.05) is 16.7 Å². The molecular formula is C18H25ClN4O. The van der Waals surface area contributed by atoms with E-state index >= 15 is 0 Å². The van der Waals surface area contributed by atoms with Crippen LogP contribution in [0.3, 0.4) is 0 Å². The first-order valence-electron chi connectivity index (χ1n) is 8.34. The average molecular weight is 349 g/mol. The Kier molecular flexibility index (Phi) is 4.34. The molecule has 1 saturated heterocycles. The predicted molar refractivity (Wildman–Crippen MR) is 96.4 cm³/mol. The lowest BCUT2D eigenvalue weighted by Crippen LogP contribution is -2.62. The van der Waals surface area contributed by atoms with Crippen molar-refractivity contribution >= 4 is 23.2 Å². The highest BCUT2D eigenvalue weighted by molar-refractivity contribution is 6.30. The number of nitrogens with one attached hydrogen (secondary N) is 2. The topological polar surface area (TPSA) is 58.4 Å². The molecule has 0 aliphatic carbocycles. The van der Waals surface area contributed by atoms with Crippen molar-refractivity contribution in [3.8, 4) is 0 Å². The molecule has 0 spiro atoms. The molecule has 0 unspecified atom stereocenters. The van der Waals surface area contributed by atoms with Crippen LogP contribution in [0.4, 0.5) is 0 Å². The van der Waals surface area contributed by atoms with Gasteiger partial charge in [-0.15, -0.1) is 0 Å². The van der Waals surface area contributed by atoms with Crippen LogP contribution in [0.25, 0.3) is 5.65 Å². The van der Waals surface area contributed by atoms with E-state index < -0.39 is 0 Å². The van der Waals surface area contributed by atoms with Gasteiger partial charge in [0.05, 0.1) is 17.1 Å². The van der Waals surface area contributed by atoms with Crippen LogP contribution >= 0.6 is 11.6 Å². The predicted octanol–water partition coefficient (Wildman–Crippen LogP) is 2.96. The fraction of sp³-hybridized carbons (Fsp3) is 0.556. The zero-order chi connectivity index (χ0) is 17.5. The van der Waals surface area contributed by atoms with E-state index in [0.717, 1.165) is 24.2 Å². The molecule has 3 rings (SSSR count). The highest BCUT2D eigenvalue weighted by atomic mass is 35.5. The number of imidazole rings is 1. The van der Waals surface area contributed by atoms with Crippen LogP contribution in [-0.4, -0.2) is 32.4 Å². The van der Waals surface area contributed by atoms with E-state index in [9.17, 15) is 4.79 Å². The van der Waals surface area contributed by atoms with Crippen molar-refractivity contribution in [3.63, 3.8) is 0 Å². The monoisotopic (exact) mass is 348 g/mol. The molecule has 0 saturated carbocycles. The molecule has 0 atom stereocenters. The third-order valence-corrected chi connectivity index (χ3v) is 4.59. The summed E-state index contributed by atoms with van der Waals surface area (Å²) in [7, 11) is 0. The van der Waals surface area contributed by atoms with Gasteiger partial charge in [0, 0.05) is 29.5 Å². The van der Waals surface area contributed by atoms with Gasteiger partial charge in [-0.2, -0.15) is 0 Å². The van der Waals surface area contributed by atoms with Crippen LogP contribution in [0.1, 0.15) is 46.2 Å². The summed E-state index contributed by atoms with van der Waals surface area (Å²) in [6, 6.07) is 3.82. The van der Waals surface area contributed by atoms with E-state index in [1.165, 1.54) is 0 Å². The number of halogens is 1. The van der Waals surface area contributed by atoms with Crippen molar-refractivity contribution in [3.05, 3.63) is 35.2 Å². The van der Waals surface area contributed by atoms with E-state index in [2.05, 4.69) is 43.3 Å². The van der Waals surface area contributed by atoms with Gasteiger partial charge in [0.25, 0.3) is 0 Å². The quantitative estimate of drug-likeness (QED) is 0.896. The fourth-order valence-corrected chi connectivity index (χ4v) is 4.14. The molecule has 2 N–H and O–H groups in total. The number of rotatable bonds is 3. The van der Waals surface area contributed by atoms with Crippen LogP contribution in [0.5, 0.6) is 0 Å². The maximum absolute atomic E-state index is 12.4. The normalized spacial score (nSPS) is 20.2. The molecule has 2 aromatic rings. The second-order valence-corrected chi connectivity index (χ2v) is 8.52. The van der Waals surface area contributed by atoms with Crippen LogP contribution in [0, 0.1) is 0 Å². The van der Waals surface area contributed by atoms with Crippen molar-refractivity contribution in [2.45, 2.75) is 64.1 Å². The Hall–Kier alpha value is -1.59. The number of aromatic nitrogens is 2. The number of hydrogen-bond donors (Lipinski definition) is 2. The lowest BCUT2D eigenvalue weighted by Gasteiger charge is -2.46. The standard InChI is InChI=1S/C18H25ClN4O/c1-17(2)8-14(9-18(3,4)22-17)21-16(24)7-13-11-23-10-12(19)5-6-15(23)20-13/h5-6,10-11,14,22H,7-9H2,1-4H3,(H,21,24). The van der Waals surface area contributed by atoms with Crippen molar-refractivity contribution in [2.75, 3.05) is 0 Å². The van der Waals surface area contributed by atoms with Gasteiger partial charge >= 0.3 is 0 Å². The Morgan fingerprint density at radius 1 is 1.29 bits per heavy atom. The second kappa shape index (κ2) is 6.05. The fourth-order valence-electron chi connectivity index (χ4n) is 3.97. The van der Waals surface area contributed by atoms with Crippen molar-refractivity contribution in [1.29, 1.82) is 0 Å². The molecule has 0 radical (unpaired) electrons. The third-order valence-electron chi connectivity index (χ3n) is 4.36. The van der Waals surface area contributed by atoms with Gasteiger partial charge in [-0.1, -0.05) is 11.6 Å². The van der Waals surface area contributed by atoms with E-state index in [-0.39, 0.29) is 29.4 Å². The SMILES string of the molecule is CC1(C)CC(NC(=O)Cc2cn3cc(Cl)ccc3n2)CC(C)(C)N1. The van der Waals surface area contributed by atoms with Gasteiger partial charge in [-0.25, -0.2) is 4.98 Å². The summed E-state index contributed by atoms with van der Waals surface area (Å²) in [6.45, 7) is 8.72. The molecular weight excluding hydrogens is 324 g/mol. The minimum atomic E-state index is 0.0134. The van der Waals surface area contributed by atoms with Crippen molar-refractivity contribution in [1.82, 2.24) is 20.0 Å². The van der Waals surface area contributed by atoms with Crippen LogP contribution in [-0.2, 0) is 11.2 Å². The van der Waals surface area contributed by atoms with Crippen LogP contribution < -0.4 is 10.6 Å². The molecule has 2 aromatic heterocycles. The van der Waals surface area contributed by atoms with Gasteiger partial charge in [0.2, 0.25) is 5.91 Å². The van der Waals surface area contributed by atoms with Crippen molar-refractivity contribution in [2.24, 2.45) is 0 Å². The number of nitrogens with zero attached hydrogens (tertiary/aromatic N) is 2. The first-order chi connectivity index (χ1) is 11.1. The maximum atomic E-state index is 12.4. The Labute approximate surface area is 147 Å².